The molecule has 0 amide bonds. The van der Waals surface area contributed by atoms with E-state index in [0.717, 1.165) is 22.2 Å². The second-order valence-electron chi connectivity index (χ2n) is 4.96. The topological polar surface area (TPSA) is 50.9 Å². The van der Waals surface area contributed by atoms with Crippen LogP contribution in [0.5, 0.6) is 5.75 Å². The largest absolute Gasteiger partial charge is 0.506 e. The van der Waals surface area contributed by atoms with Crippen molar-refractivity contribution in [3.63, 3.8) is 0 Å². The van der Waals surface area contributed by atoms with E-state index in [1.165, 1.54) is 4.80 Å². The molecule has 0 aliphatic heterocycles. The lowest BCUT2D eigenvalue weighted by Crippen LogP contribution is -1.99. The summed E-state index contributed by atoms with van der Waals surface area (Å²) >= 11 is 0. The van der Waals surface area contributed by atoms with Crippen molar-refractivity contribution >= 4 is 11.0 Å². The van der Waals surface area contributed by atoms with Crippen LogP contribution >= 0.6 is 0 Å². The third-order valence-electron chi connectivity index (χ3n) is 3.49. The Kier molecular flexibility index (Phi) is 2.86. The number of hydrogen-bond acceptors (Lipinski definition) is 3. The summed E-state index contributed by atoms with van der Waals surface area (Å²) in [5.41, 5.74) is 4.02. The molecule has 0 atom stereocenters. The van der Waals surface area contributed by atoms with Gasteiger partial charge >= 0.3 is 0 Å². The highest BCUT2D eigenvalue weighted by molar-refractivity contribution is 5.74. The molecular weight excluding hydrogens is 274 g/mol. The fourth-order valence-corrected chi connectivity index (χ4v) is 2.38. The van der Waals surface area contributed by atoms with Crippen molar-refractivity contribution in [3.8, 4) is 22.6 Å². The fourth-order valence-electron chi connectivity index (χ4n) is 2.38. The number of benzene rings is 3. The molecule has 4 nitrogen and oxygen atoms in total. The van der Waals surface area contributed by atoms with Crippen molar-refractivity contribution in [2.75, 3.05) is 0 Å². The first-order valence-electron chi connectivity index (χ1n) is 6.94. The molecule has 0 saturated heterocycles. The normalized spacial score (nSPS) is 10.9. The molecule has 0 aliphatic carbocycles. The van der Waals surface area contributed by atoms with Gasteiger partial charge in [-0.25, -0.2) is 0 Å². The predicted octanol–water partition coefficient (Wildman–Crippen LogP) is 3.59. The first kappa shape index (κ1) is 12.6. The average molecular weight is 286 g/mol. The minimum Gasteiger partial charge on any atom is -0.506 e. The molecule has 105 valence electrons. The van der Waals surface area contributed by atoms with E-state index < -0.39 is 0 Å². The second kappa shape index (κ2) is 5.00. The zero-order valence-electron chi connectivity index (χ0n) is 11.6. The summed E-state index contributed by atoms with van der Waals surface area (Å²) in [5.74, 6) is 0.0972. The monoisotopic (exact) mass is 286 g/mol. The molecule has 0 saturated carbocycles. The lowest BCUT2D eigenvalue weighted by atomic mass is 10.1. The lowest BCUT2D eigenvalue weighted by Gasteiger charge is -2.06. The van der Waals surface area contributed by atoms with Crippen LogP contribution in [0.15, 0.2) is 66.7 Å². The van der Waals surface area contributed by atoms with Gasteiger partial charge in [0, 0.05) is 0 Å². The molecule has 0 bridgehead atoms. The van der Waals surface area contributed by atoms with Crippen LogP contribution in [-0.2, 0) is 0 Å². The van der Waals surface area contributed by atoms with Crippen molar-refractivity contribution in [2.45, 2.75) is 0 Å². The van der Waals surface area contributed by atoms with E-state index in [-0.39, 0.29) is 5.75 Å². The van der Waals surface area contributed by atoms with Gasteiger partial charge in [-0.2, -0.15) is 0 Å². The first-order valence-corrected chi connectivity index (χ1v) is 6.94. The minimum absolute atomic E-state index is 0.0972. The van der Waals surface area contributed by atoms with Gasteiger partial charge in [0.2, 0.25) is 0 Å². The van der Waals surface area contributed by atoms with Crippen LogP contribution in [0.3, 0.4) is 0 Å². The summed E-state index contributed by atoms with van der Waals surface area (Å²) in [6.45, 7) is 0. The van der Waals surface area contributed by atoms with E-state index in [2.05, 4.69) is 16.3 Å². The van der Waals surface area contributed by atoms with Crippen LogP contribution in [0.2, 0.25) is 0 Å². The van der Waals surface area contributed by atoms with E-state index in [1.807, 2.05) is 60.7 Å². The van der Waals surface area contributed by atoms with Crippen molar-refractivity contribution < 1.29 is 5.11 Å². The van der Waals surface area contributed by atoms with E-state index in [1.54, 1.807) is 6.07 Å². The van der Waals surface area contributed by atoms with Gasteiger partial charge in [-0.1, -0.05) is 42.5 Å². The number of rotatable bonds is 2. The summed E-state index contributed by atoms with van der Waals surface area (Å²) in [4.78, 5) is 1.46. The van der Waals surface area contributed by atoms with Crippen molar-refractivity contribution in [3.05, 3.63) is 72.8 Å². The lowest BCUT2D eigenvalue weighted by molar-refractivity contribution is 0.468. The highest BCUT2D eigenvalue weighted by Crippen LogP contribution is 2.27. The number of aromatic hydroxyl groups is 1. The predicted molar refractivity (Wildman–Crippen MR) is 84.8 cm³/mol. The molecule has 22 heavy (non-hydrogen) atoms. The first-order chi connectivity index (χ1) is 10.8. The summed E-state index contributed by atoms with van der Waals surface area (Å²) in [6.07, 6.45) is 0. The SMILES string of the molecule is Oc1c[c]c(-c2ccccc2)cc1-n1nc2ccccc2n1. The molecule has 4 aromatic rings. The molecule has 1 N–H and O–H groups in total. The number of hydrogen-bond donors (Lipinski definition) is 1. The molecule has 3 aromatic carbocycles. The minimum atomic E-state index is 0.0972. The maximum Gasteiger partial charge on any atom is 0.143 e. The number of fused-ring (bicyclic) bond motifs is 1. The van der Waals surface area contributed by atoms with Gasteiger partial charge in [0.15, 0.2) is 0 Å². The zero-order valence-corrected chi connectivity index (χ0v) is 11.6. The van der Waals surface area contributed by atoms with Gasteiger partial charge in [-0.15, -0.1) is 15.0 Å². The van der Waals surface area contributed by atoms with E-state index in [0.29, 0.717) is 5.69 Å². The highest BCUT2D eigenvalue weighted by Gasteiger charge is 2.10. The Hall–Kier alpha value is -3.14. The average Bonchev–Trinajstić information content (AvgIpc) is 3.00. The van der Waals surface area contributed by atoms with Crippen LogP contribution in [-0.4, -0.2) is 20.1 Å². The van der Waals surface area contributed by atoms with Crippen LogP contribution in [0.25, 0.3) is 27.8 Å². The standard InChI is InChI=1S/C18H12N3O/c22-18-11-10-14(13-6-2-1-3-7-13)12-17(18)21-19-15-8-4-5-9-16(15)20-21/h1-9,11-12,22H. The Bertz CT molecular complexity index is 912. The number of aromatic nitrogens is 3. The number of phenols is 1. The Labute approximate surface area is 127 Å². The maximum absolute atomic E-state index is 10.1. The van der Waals surface area contributed by atoms with E-state index >= 15 is 0 Å². The summed E-state index contributed by atoms with van der Waals surface area (Å²) in [6, 6.07) is 24.0. The third-order valence-corrected chi connectivity index (χ3v) is 3.49. The molecule has 0 unspecified atom stereocenters. The van der Waals surface area contributed by atoms with Gasteiger partial charge in [0.1, 0.15) is 22.5 Å². The molecule has 1 radical (unpaired) electrons. The molecular formula is C18H12N3O. The number of nitrogens with zero attached hydrogens (tertiary/aromatic N) is 3. The van der Waals surface area contributed by atoms with E-state index in [9.17, 15) is 5.11 Å². The van der Waals surface area contributed by atoms with Crippen LogP contribution in [0.1, 0.15) is 0 Å². The van der Waals surface area contributed by atoms with Gasteiger partial charge in [-0.05, 0) is 41.5 Å². The molecule has 4 heteroatoms. The Morgan fingerprint density at radius 2 is 1.50 bits per heavy atom. The third kappa shape index (κ3) is 2.11. The Morgan fingerprint density at radius 3 is 2.18 bits per heavy atom. The quantitative estimate of drug-likeness (QED) is 0.612. The molecule has 1 aromatic heterocycles. The molecule has 0 aliphatic rings. The highest BCUT2D eigenvalue weighted by atomic mass is 16.3. The van der Waals surface area contributed by atoms with Gasteiger partial charge in [-0.3, -0.25) is 0 Å². The van der Waals surface area contributed by atoms with Crippen molar-refractivity contribution in [2.24, 2.45) is 0 Å². The summed E-state index contributed by atoms with van der Waals surface area (Å²) in [7, 11) is 0. The summed E-state index contributed by atoms with van der Waals surface area (Å²) < 4.78 is 0. The zero-order chi connectivity index (χ0) is 14.9. The van der Waals surface area contributed by atoms with Gasteiger partial charge in [0.25, 0.3) is 0 Å². The van der Waals surface area contributed by atoms with Crippen LogP contribution < -0.4 is 0 Å². The van der Waals surface area contributed by atoms with Gasteiger partial charge in [0.05, 0.1) is 0 Å². The smallest absolute Gasteiger partial charge is 0.143 e. The Morgan fingerprint density at radius 1 is 0.864 bits per heavy atom. The maximum atomic E-state index is 10.1. The second-order valence-corrected chi connectivity index (χ2v) is 4.96. The summed E-state index contributed by atoms with van der Waals surface area (Å²) in [5, 5.41) is 18.9. The molecule has 4 rings (SSSR count). The van der Waals surface area contributed by atoms with Crippen LogP contribution in [0.4, 0.5) is 0 Å². The van der Waals surface area contributed by atoms with Gasteiger partial charge < -0.3 is 5.11 Å². The van der Waals surface area contributed by atoms with Crippen molar-refractivity contribution in [1.82, 2.24) is 15.0 Å². The molecule has 0 fully saturated rings. The molecule has 1 heterocycles. The fraction of sp³-hybridized carbons (Fsp3) is 0. The molecule has 0 spiro atoms. The van der Waals surface area contributed by atoms with E-state index in [4.69, 9.17) is 0 Å². The van der Waals surface area contributed by atoms with Crippen molar-refractivity contribution in [1.29, 1.82) is 0 Å². The Balaban J connectivity index is 1.87. The van der Waals surface area contributed by atoms with Crippen LogP contribution in [0, 0.1) is 6.07 Å². The number of phenolic OH excluding ortho intramolecular Hbond substituents is 1.